The number of amides is 1. The van der Waals surface area contributed by atoms with Crippen molar-refractivity contribution in [2.75, 3.05) is 0 Å². The van der Waals surface area contributed by atoms with Crippen molar-refractivity contribution in [1.29, 1.82) is 5.26 Å². The van der Waals surface area contributed by atoms with Crippen LogP contribution in [0.5, 0.6) is 0 Å². The highest BCUT2D eigenvalue weighted by molar-refractivity contribution is 9.10. The Bertz CT molecular complexity index is 530. The number of nitrogens with one attached hydrogen (secondary N) is 1. The minimum atomic E-state index is -0.736. The Morgan fingerprint density at radius 2 is 2.30 bits per heavy atom. The summed E-state index contributed by atoms with van der Waals surface area (Å²) in [6, 6.07) is 5.84. The van der Waals surface area contributed by atoms with Crippen LogP contribution in [0.15, 0.2) is 22.8 Å². The van der Waals surface area contributed by atoms with Crippen molar-refractivity contribution in [1.82, 2.24) is 10.3 Å². The first kappa shape index (κ1) is 15.0. The molecule has 1 aromatic rings. The molecule has 0 radical (unpaired) electrons. The Morgan fingerprint density at radius 1 is 1.60 bits per heavy atom. The smallest absolute Gasteiger partial charge is 0.272 e. The van der Waals surface area contributed by atoms with Gasteiger partial charge in [-0.2, -0.15) is 5.26 Å². The maximum absolute atomic E-state index is 12.3. The molecule has 0 saturated heterocycles. The lowest BCUT2D eigenvalue weighted by atomic mass is 9.76. The fourth-order valence-electron chi connectivity index (χ4n) is 2.67. The van der Waals surface area contributed by atoms with Crippen LogP contribution in [0.3, 0.4) is 0 Å². The molecule has 1 aromatic heterocycles. The van der Waals surface area contributed by atoms with E-state index in [9.17, 15) is 10.1 Å². The number of carbonyl (C=O) groups is 1. The second-order valence-corrected chi connectivity index (χ2v) is 6.19. The molecular formula is C15H18BrN3O. The van der Waals surface area contributed by atoms with E-state index >= 15 is 0 Å². The van der Waals surface area contributed by atoms with Gasteiger partial charge in [0, 0.05) is 10.7 Å². The van der Waals surface area contributed by atoms with E-state index in [0.717, 1.165) is 32.1 Å². The van der Waals surface area contributed by atoms with Crippen molar-refractivity contribution in [2.24, 2.45) is 5.92 Å². The normalized spacial score (nSPS) is 25.8. The van der Waals surface area contributed by atoms with Gasteiger partial charge in [-0.05, 0) is 59.7 Å². The molecule has 1 aliphatic carbocycles. The van der Waals surface area contributed by atoms with Gasteiger partial charge in [0.05, 0.1) is 6.07 Å². The fraction of sp³-hybridized carbons (Fsp3) is 0.533. The van der Waals surface area contributed by atoms with Crippen LogP contribution >= 0.6 is 15.9 Å². The average molecular weight is 336 g/mol. The Labute approximate surface area is 127 Å². The quantitative estimate of drug-likeness (QED) is 0.919. The van der Waals surface area contributed by atoms with Gasteiger partial charge in [0.25, 0.3) is 5.91 Å². The Kier molecular flexibility index (Phi) is 4.77. The molecule has 0 spiro atoms. The summed E-state index contributed by atoms with van der Waals surface area (Å²) in [4.78, 5) is 16.4. The van der Waals surface area contributed by atoms with E-state index in [1.165, 1.54) is 0 Å². The first-order valence-electron chi connectivity index (χ1n) is 6.94. The largest absolute Gasteiger partial charge is 0.332 e. The van der Waals surface area contributed by atoms with Crippen molar-refractivity contribution in [2.45, 2.75) is 44.6 Å². The zero-order valence-electron chi connectivity index (χ0n) is 11.5. The molecule has 20 heavy (non-hydrogen) atoms. The predicted molar refractivity (Wildman–Crippen MR) is 80.0 cm³/mol. The van der Waals surface area contributed by atoms with E-state index < -0.39 is 5.54 Å². The van der Waals surface area contributed by atoms with Crippen molar-refractivity contribution < 1.29 is 4.79 Å². The van der Waals surface area contributed by atoms with E-state index in [4.69, 9.17) is 0 Å². The predicted octanol–water partition coefficient (Wildman–Crippen LogP) is 3.44. The van der Waals surface area contributed by atoms with Gasteiger partial charge in [0.1, 0.15) is 11.2 Å². The molecule has 0 bridgehead atoms. The second kappa shape index (κ2) is 6.36. The van der Waals surface area contributed by atoms with Gasteiger partial charge in [-0.3, -0.25) is 4.79 Å². The first-order valence-corrected chi connectivity index (χ1v) is 7.74. The van der Waals surface area contributed by atoms with Crippen LogP contribution in [0.1, 0.15) is 49.5 Å². The summed E-state index contributed by atoms with van der Waals surface area (Å²) < 4.78 is 0.646. The number of rotatable bonds is 3. The van der Waals surface area contributed by atoms with Gasteiger partial charge in [-0.15, -0.1) is 0 Å². The molecule has 4 nitrogen and oxygen atoms in total. The van der Waals surface area contributed by atoms with E-state index in [1.54, 1.807) is 18.3 Å². The molecule has 5 heteroatoms. The van der Waals surface area contributed by atoms with Crippen molar-refractivity contribution >= 4 is 21.8 Å². The zero-order chi connectivity index (χ0) is 14.6. The minimum absolute atomic E-state index is 0.283. The number of hydrogen-bond acceptors (Lipinski definition) is 3. The van der Waals surface area contributed by atoms with E-state index in [0.29, 0.717) is 16.1 Å². The third-order valence-electron chi connectivity index (χ3n) is 4.08. The molecule has 0 aliphatic heterocycles. The van der Waals surface area contributed by atoms with Crippen molar-refractivity contribution in [3.05, 3.63) is 28.5 Å². The lowest BCUT2D eigenvalue weighted by Gasteiger charge is -2.35. The lowest BCUT2D eigenvalue weighted by Crippen LogP contribution is -2.49. The summed E-state index contributed by atoms with van der Waals surface area (Å²) in [6.45, 7) is 2.17. The zero-order valence-corrected chi connectivity index (χ0v) is 13.1. The topological polar surface area (TPSA) is 65.8 Å². The highest BCUT2D eigenvalue weighted by Gasteiger charge is 2.37. The van der Waals surface area contributed by atoms with Gasteiger partial charge >= 0.3 is 0 Å². The van der Waals surface area contributed by atoms with Crippen LogP contribution < -0.4 is 5.32 Å². The highest BCUT2D eigenvalue weighted by atomic mass is 79.9. The molecular weight excluding hydrogens is 318 g/mol. The lowest BCUT2D eigenvalue weighted by molar-refractivity contribution is 0.0885. The van der Waals surface area contributed by atoms with Crippen LogP contribution in [0.25, 0.3) is 0 Å². The fourth-order valence-corrected chi connectivity index (χ4v) is 3.11. The minimum Gasteiger partial charge on any atom is -0.332 e. The molecule has 106 valence electrons. The Morgan fingerprint density at radius 3 is 2.85 bits per heavy atom. The van der Waals surface area contributed by atoms with Gasteiger partial charge in [0.15, 0.2) is 0 Å². The van der Waals surface area contributed by atoms with Crippen LogP contribution in [-0.4, -0.2) is 16.4 Å². The number of halogens is 1. The van der Waals surface area contributed by atoms with Gasteiger partial charge in [-0.25, -0.2) is 4.98 Å². The molecule has 0 unspecified atom stereocenters. The van der Waals surface area contributed by atoms with Gasteiger partial charge in [-0.1, -0.05) is 13.3 Å². The number of hydrogen-bond donors (Lipinski definition) is 1. The van der Waals surface area contributed by atoms with Crippen molar-refractivity contribution in [3.63, 3.8) is 0 Å². The number of aromatic nitrogens is 1. The third-order valence-corrected chi connectivity index (χ3v) is 4.72. The number of nitriles is 1. The van der Waals surface area contributed by atoms with Crippen LogP contribution in [-0.2, 0) is 0 Å². The molecule has 1 amide bonds. The molecule has 1 heterocycles. The molecule has 1 N–H and O–H groups in total. The Balaban J connectivity index is 2.10. The van der Waals surface area contributed by atoms with E-state index in [1.807, 2.05) is 0 Å². The monoisotopic (exact) mass is 335 g/mol. The second-order valence-electron chi connectivity index (χ2n) is 5.33. The van der Waals surface area contributed by atoms with E-state index in [2.05, 4.69) is 39.2 Å². The molecule has 0 atom stereocenters. The highest BCUT2D eigenvalue weighted by Crippen LogP contribution is 2.33. The average Bonchev–Trinajstić information content (AvgIpc) is 2.48. The van der Waals surface area contributed by atoms with Gasteiger partial charge < -0.3 is 5.32 Å². The SMILES string of the molecule is CCC1CCC(C#N)(NC(=O)c2ncccc2Br)CC1. The summed E-state index contributed by atoms with van der Waals surface area (Å²) in [7, 11) is 0. The van der Waals surface area contributed by atoms with Crippen molar-refractivity contribution in [3.8, 4) is 6.07 Å². The van der Waals surface area contributed by atoms with Crippen LogP contribution in [0.2, 0.25) is 0 Å². The standard InChI is InChI=1S/C15H18BrN3O/c1-2-11-5-7-15(10-17,8-6-11)19-14(20)13-12(16)4-3-9-18-13/h3-4,9,11H,2,5-8H2,1H3,(H,19,20). The molecule has 1 aliphatic rings. The number of pyridine rings is 1. The maximum Gasteiger partial charge on any atom is 0.272 e. The van der Waals surface area contributed by atoms with E-state index in [-0.39, 0.29) is 5.91 Å². The van der Waals surface area contributed by atoms with Crippen LogP contribution in [0.4, 0.5) is 0 Å². The molecule has 2 rings (SSSR count). The van der Waals surface area contributed by atoms with Crippen LogP contribution in [0, 0.1) is 17.2 Å². The maximum atomic E-state index is 12.3. The first-order chi connectivity index (χ1) is 9.60. The molecule has 1 saturated carbocycles. The summed E-state index contributed by atoms with van der Waals surface area (Å²) in [6.07, 6.45) is 6.14. The number of carbonyl (C=O) groups excluding carboxylic acids is 1. The number of nitrogens with zero attached hydrogens (tertiary/aromatic N) is 2. The summed E-state index contributed by atoms with van der Waals surface area (Å²) in [5.74, 6) is 0.393. The molecule has 1 fully saturated rings. The third kappa shape index (κ3) is 3.18. The summed E-state index contributed by atoms with van der Waals surface area (Å²) in [5, 5.41) is 12.4. The molecule has 0 aromatic carbocycles. The van der Waals surface area contributed by atoms with Gasteiger partial charge in [0.2, 0.25) is 0 Å². The summed E-state index contributed by atoms with van der Waals surface area (Å²) in [5.41, 5.74) is -0.403. The summed E-state index contributed by atoms with van der Waals surface area (Å²) >= 11 is 3.32. The Hall–Kier alpha value is -1.41.